The second-order valence-corrected chi connectivity index (χ2v) is 1.89. The number of nitro groups is 1. The van der Waals surface area contributed by atoms with Crippen molar-refractivity contribution in [2.75, 3.05) is 6.54 Å². The molecule has 0 aromatic carbocycles. The second kappa shape index (κ2) is 3.00. The summed E-state index contributed by atoms with van der Waals surface area (Å²) in [6.07, 6.45) is 1.88. The van der Waals surface area contributed by atoms with E-state index in [1.54, 1.807) is 12.1 Å². The van der Waals surface area contributed by atoms with Crippen molar-refractivity contribution in [1.29, 1.82) is 0 Å². The molecule has 0 aliphatic rings. The molecule has 10 heavy (non-hydrogen) atoms. The van der Waals surface area contributed by atoms with Crippen molar-refractivity contribution in [1.82, 2.24) is 0 Å². The van der Waals surface area contributed by atoms with Gasteiger partial charge in [0.15, 0.2) is 0 Å². The summed E-state index contributed by atoms with van der Waals surface area (Å²) in [5.41, 5.74) is 0. The quantitative estimate of drug-likeness (QED) is 0.467. The molecule has 4 nitrogen and oxygen atoms in total. The van der Waals surface area contributed by atoms with Crippen molar-refractivity contribution in [2.24, 2.45) is 0 Å². The molecule has 0 aliphatic carbocycles. The van der Waals surface area contributed by atoms with Crippen LogP contribution in [0.1, 0.15) is 5.76 Å². The predicted molar refractivity (Wildman–Crippen MR) is 34.3 cm³/mol. The van der Waals surface area contributed by atoms with Gasteiger partial charge in [0.25, 0.3) is 0 Å². The Morgan fingerprint density at radius 1 is 1.70 bits per heavy atom. The van der Waals surface area contributed by atoms with Gasteiger partial charge in [0.2, 0.25) is 6.54 Å². The summed E-state index contributed by atoms with van der Waals surface area (Å²) < 4.78 is 4.88. The minimum Gasteiger partial charge on any atom is -0.469 e. The summed E-state index contributed by atoms with van der Waals surface area (Å²) in [6.45, 7) is -0.0620. The van der Waals surface area contributed by atoms with Crippen LogP contribution in [0.15, 0.2) is 22.8 Å². The zero-order chi connectivity index (χ0) is 7.40. The van der Waals surface area contributed by atoms with Gasteiger partial charge in [-0.2, -0.15) is 0 Å². The molecule has 0 fully saturated rings. The van der Waals surface area contributed by atoms with Crippen molar-refractivity contribution < 1.29 is 9.34 Å². The van der Waals surface area contributed by atoms with E-state index in [1.165, 1.54) is 6.26 Å². The molecular formula is C6H7NO3. The van der Waals surface area contributed by atoms with Gasteiger partial charge in [0.1, 0.15) is 5.76 Å². The summed E-state index contributed by atoms with van der Waals surface area (Å²) >= 11 is 0. The molecule has 54 valence electrons. The molecule has 1 aromatic rings. The third kappa shape index (κ3) is 1.89. The third-order valence-electron chi connectivity index (χ3n) is 1.12. The van der Waals surface area contributed by atoms with E-state index in [0.29, 0.717) is 12.2 Å². The van der Waals surface area contributed by atoms with Crippen LogP contribution in [0.25, 0.3) is 0 Å². The van der Waals surface area contributed by atoms with Crippen LogP contribution in [0.3, 0.4) is 0 Å². The van der Waals surface area contributed by atoms with E-state index in [1.807, 2.05) is 0 Å². The van der Waals surface area contributed by atoms with E-state index in [4.69, 9.17) is 4.42 Å². The van der Waals surface area contributed by atoms with Crippen molar-refractivity contribution in [3.63, 3.8) is 0 Å². The summed E-state index contributed by atoms with van der Waals surface area (Å²) in [6, 6.07) is 3.44. The molecule has 4 heteroatoms. The summed E-state index contributed by atoms with van der Waals surface area (Å²) in [5.74, 6) is 0.664. The number of hydrogen-bond acceptors (Lipinski definition) is 3. The maximum atomic E-state index is 9.86. The molecule has 0 unspecified atom stereocenters. The fraction of sp³-hybridized carbons (Fsp3) is 0.333. The molecule has 0 amide bonds. The van der Waals surface area contributed by atoms with Crippen LogP contribution in [0, 0.1) is 10.1 Å². The van der Waals surface area contributed by atoms with Gasteiger partial charge in [-0.05, 0) is 12.1 Å². The Balaban J connectivity index is 2.35. The van der Waals surface area contributed by atoms with Crippen molar-refractivity contribution in [2.45, 2.75) is 6.42 Å². The molecule has 0 aliphatic heterocycles. The number of furan rings is 1. The Labute approximate surface area is 57.6 Å². The maximum Gasteiger partial charge on any atom is 0.210 e. The van der Waals surface area contributed by atoms with E-state index in [2.05, 4.69) is 0 Å². The fourth-order valence-electron chi connectivity index (χ4n) is 0.656. The molecule has 0 radical (unpaired) electrons. The van der Waals surface area contributed by atoms with Crippen LogP contribution in [0.5, 0.6) is 0 Å². The van der Waals surface area contributed by atoms with Gasteiger partial charge in [-0.15, -0.1) is 0 Å². The third-order valence-corrected chi connectivity index (χ3v) is 1.12. The highest BCUT2D eigenvalue weighted by Crippen LogP contribution is 1.99. The first-order valence-corrected chi connectivity index (χ1v) is 2.93. The average molecular weight is 141 g/mol. The van der Waals surface area contributed by atoms with Crippen LogP contribution >= 0.6 is 0 Å². The normalized spacial score (nSPS) is 9.60. The van der Waals surface area contributed by atoms with Crippen LogP contribution in [0.4, 0.5) is 0 Å². The minimum atomic E-state index is -0.359. The SMILES string of the molecule is O=[N+]([O-])CCc1ccco1. The lowest BCUT2D eigenvalue weighted by atomic mass is 10.3. The predicted octanol–water partition coefficient (Wildman–Crippen LogP) is 1.10. The monoisotopic (exact) mass is 141 g/mol. The Bertz CT molecular complexity index is 205. The Hall–Kier alpha value is -1.32. The Morgan fingerprint density at radius 2 is 2.50 bits per heavy atom. The van der Waals surface area contributed by atoms with Gasteiger partial charge in [-0.25, -0.2) is 0 Å². The number of hydrogen-bond donors (Lipinski definition) is 0. The lowest BCUT2D eigenvalue weighted by Gasteiger charge is -1.88. The molecule has 1 aromatic heterocycles. The van der Waals surface area contributed by atoms with Gasteiger partial charge < -0.3 is 4.42 Å². The fourth-order valence-corrected chi connectivity index (χ4v) is 0.656. The van der Waals surface area contributed by atoms with E-state index < -0.39 is 0 Å². The van der Waals surface area contributed by atoms with Crippen LogP contribution in [-0.4, -0.2) is 11.5 Å². The van der Waals surface area contributed by atoms with E-state index in [-0.39, 0.29) is 11.5 Å². The number of nitrogens with zero attached hydrogens (tertiary/aromatic N) is 1. The van der Waals surface area contributed by atoms with Crippen molar-refractivity contribution >= 4 is 0 Å². The van der Waals surface area contributed by atoms with Gasteiger partial charge >= 0.3 is 0 Å². The zero-order valence-corrected chi connectivity index (χ0v) is 5.32. The topological polar surface area (TPSA) is 56.3 Å². The smallest absolute Gasteiger partial charge is 0.210 e. The van der Waals surface area contributed by atoms with Gasteiger partial charge in [0, 0.05) is 4.92 Å². The molecule has 0 saturated carbocycles. The first kappa shape index (κ1) is 6.80. The van der Waals surface area contributed by atoms with Gasteiger partial charge in [-0.1, -0.05) is 0 Å². The van der Waals surface area contributed by atoms with Crippen molar-refractivity contribution in [3.05, 3.63) is 34.3 Å². The molecule has 0 N–H and O–H groups in total. The minimum absolute atomic E-state index is 0.0620. The molecular weight excluding hydrogens is 134 g/mol. The average Bonchev–Trinajstić information content (AvgIpc) is 2.34. The largest absolute Gasteiger partial charge is 0.469 e. The van der Waals surface area contributed by atoms with E-state index >= 15 is 0 Å². The highest BCUT2D eigenvalue weighted by atomic mass is 16.6. The zero-order valence-electron chi connectivity index (χ0n) is 5.32. The highest BCUT2D eigenvalue weighted by molar-refractivity contribution is 4.97. The standard InChI is InChI=1S/C6H7NO3/c8-7(9)4-3-6-2-1-5-10-6/h1-2,5H,3-4H2. The molecule has 0 bridgehead atoms. The number of rotatable bonds is 3. The Morgan fingerprint density at radius 3 is 3.00 bits per heavy atom. The van der Waals surface area contributed by atoms with Crippen LogP contribution in [0.2, 0.25) is 0 Å². The lowest BCUT2D eigenvalue weighted by molar-refractivity contribution is -0.479. The second-order valence-electron chi connectivity index (χ2n) is 1.89. The maximum absolute atomic E-state index is 9.86. The molecule has 0 saturated heterocycles. The summed E-state index contributed by atoms with van der Waals surface area (Å²) in [7, 11) is 0. The van der Waals surface area contributed by atoms with Crippen molar-refractivity contribution in [3.8, 4) is 0 Å². The Kier molecular flexibility index (Phi) is 2.04. The first-order valence-electron chi connectivity index (χ1n) is 2.93. The molecule has 0 spiro atoms. The van der Waals surface area contributed by atoms with Crippen LogP contribution < -0.4 is 0 Å². The molecule has 1 rings (SSSR count). The first-order chi connectivity index (χ1) is 4.79. The summed E-state index contributed by atoms with van der Waals surface area (Å²) in [5, 5.41) is 9.86. The van der Waals surface area contributed by atoms with Gasteiger partial charge in [0.05, 0.1) is 12.7 Å². The molecule has 0 atom stereocenters. The molecule has 1 heterocycles. The van der Waals surface area contributed by atoms with E-state index in [0.717, 1.165) is 0 Å². The van der Waals surface area contributed by atoms with Gasteiger partial charge in [-0.3, -0.25) is 10.1 Å². The summed E-state index contributed by atoms with van der Waals surface area (Å²) in [4.78, 5) is 9.50. The van der Waals surface area contributed by atoms with E-state index in [9.17, 15) is 10.1 Å². The highest BCUT2D eigenvalue weighted by Gasteiger charge is 2.00. The van der Waals surface area contributed by atoms with Crippen LogP contribution in [-0.2, 0) is 6.42 Å². The lowest BCUT2D eigenvalue weighted by Crippen LogP contribution is -2.02.